The molecule has 0 bridgehead atoms. The summed E-state index contributed by atoms with van der Waals surface area (Å²) in [5, 5.41) is 11.8. The van der Waals surface area contributed by atoms with Crippen molar-refractivity contribution in [2.45, 2.75) is 26.4 Å². The van der Waals surface area contributed by atoms with Crippen LogP contribution in [-0.2, 0) is 6.54 Å². The molecule has 0 atom stereocenters. The van der Waals surface area contributed by atoms with Gasteiger partial charge in [-0.25, -0.2) is 0 Å². The minimum absolute atomic E-state index is 0.0959. The van der Waals surface area contributed by atoms with Crippen molar-refractivity contribution in [3.63, 3.8) is 0 Å². The third kappa shape index (κ3) is 4.01. The van der Waals surface area contributed by atoms with Crippen molar-refractivity contribution in [1.29, 1.82) is 5.26 Å². The predicted octanol–water partition coefficient (Wildman–Crippen LogP) is 2.09. The average Bonchev–Trinajstić information content (AvgIpc) is 2.24. The molecule has 0 spiro atoms. The van der Waals surface area contributed by atoms with Crippen LogP contribution in [0.15, 0.2) is 24.3 Å². The lowest BCUT2D eigenvalue weighted by Gasteiger charge is -2.11. The summed E-state index contributed by atoms with van der Waals surface area (Å²) in [6, 6.07) is 10.2. The Balaban J connectivity index is 2.64. The lowest BCUT2D eigenvalue weighted by atomic mass is 10.2. The Labute approximate surface area is 90.7 Å². The number of benzene rings is 1. The Morgan fingerprint density at radius 1 is 1.40 bits per heavy atom. The molecule has 3 heteroatoms. The molecule has 1 aromatic rings. The zero-order valence-electron chi connectivity index (χ0n) is 9.16. The van der Waals surface area contributed by atoms with Crippen LogP contribution < -0.4 is 10.1 Å². The molecule has 0 saturated heterocycles. The minimum atomic E-state index is 0.0959. The van der Waals surface area contributed by atoms with Crippen molar-refractivity contribution in [2.75, 3.05) is 6.61 Å². The largest absolute Gasteiger partial charge is 0.478 e. The lowest BCUT2D eigenvalue weighted by Crippen LogP contribution is -2.22. The topological polar surface area (TPSA) is 45.0 Å². The van der Waals surface area contributed by atoms with E-state index in [4.69, 9.17) is 10.00 Å². The second-order valence-electron chi connectivity index (χ2n) is 3.59. The van der Waals surface area contributed by atoms with E-state index in [1.54, 1.807) is 0 Å². The van der Waals surface area contributed by atoms with Gasteiger partial charge < -0.3 is 10.1 Å². The summed E-state index contributed by atoms with van der Waals surface area (Å²) in [4.78, 5) is 0. The number of nitrogens with zero attached hydrogens (tertiary/aromatic N) is 1. The molecule has 0 aromatic heterocycles. The van der Waals surface area contributed by atoms with Gasteiger partial charge in [0.05, 0.1) is 0 Å². The number of rotatable bonds is 5. The second-order valence-corrected chi connectivity index (χ2v) is 3.59. The Hall–Kier alpha value is -1.53. The molecule has 1 aromatic carbocycles. The van der Waals surface area contributed by atoms with Gasteiger partial charge in [-0.15, -0.1) is 0 Å². The van der Waals surface area contributed by atoms with Crippen molar-refractivity contribution in [2.24, 2.45) is 0 Å². The molecule has 0 unspecified atom stereocenters. The van der Waals surface area contributed by atoms with Crippen molar-refractivity contribution in [3.05, 3.63) is 29.8 Å². The molecule has 0 saturated carbocycles. The normalized spacial score (nSPS) is 10.0. The van der Waals surface area contributed by atoms with Crippen molar-refractivity contribution < 1.29 is 4.74 Å². The molecule has 1 rings (SSSR count). The van der Waals surface area contributed by atoms with Crippen LogP contribution in [0.25, 0.3) is 0 Å². The van der Waals surface area contributed by atoms with Gasteiger partial charge >= 0.3 is 0 Å². The molecule has 0 aliphatic heterocycles. The first kappa shape index (κ1) is 11.5. The number of nitrogens with one attached hydrogen (secondary N) is 1. The third-order valence-corrected chi connectivity index (χ3v) is 1.97. The van der Waals surface area contributed by atoms with Crippen LogP contribution in [0.5, 0.6) is 5.75 Å². The van der Waals surface area contributed by atoms with E-state index in [2.05, 4.69) is 19.2 Å². The van der Waals surface area contributed by atoms with Crippen LogP contribution in [0.4, 0.5) is 0 Å². The van der Waals surface area contributed by atoms with Crippen LogP contribution in [0.2, 0.25) is 0 Å². The molecule has 0 radical (unpaired) electrons. The fourth-order valence-corrected chi connectivity index (χ4v) is 1.21. The standard InChI is InChI=1S/C12H16N2O/c1-10(2)14-9-11-5-3-4-6-12(11)15-8-7-13/h3-6,10,14H,8-9H2,1-2H3. The molecule has 15 heavy (non-hydrogen) atoms. The van der Waals surface area contributed by atoms with E-state index in [1.807, 2.05) is 30.3 Å². The first-order valence-corrected chi connectivity index (χ1v) is 5.05. The fourth-order valence-electron chi connectivity index (χ4n) is 1.21. The maximum Gasteiger partial charge on any atom is 0.174 e. The summed E-state index contributed by atoms with van der Waals surface area (Å²) in [5.74, 6) is 0.784. The summed E-state index contributed by atoms with van der Waals surface area (Å²) < 4.78 is 5.32. The zero-order valence-corrected chi connectivity index (χ0v) is 9.16. The molecule has 0 heterocycles. The number of para-hydroxylation sites is 1. The molecular formula is C12H16N2O. The monoisotopic (exact) mass is 204 g/mol. The molecule has 1 N–H and O–H groups in total. The van der Waals surface area contributed by atoms with Crippen LogP contribution in [0.3, 0.4) is 0 Å². The average molecular weight is 204 g/mol. The number of ether oxygens (including phenoxy) is 1. The minimum Gasteiger partial charge on any atom is -0.478 e. The fraction of sp³-hybridized carbons (Fsp3) is 0.417. The number of nitriles is 1. The maximum absolute atomic E-state index is 8.45. The first-order valence-electron chi connectivity index (χ1n) is 5.05. The Morgan fingerprint density at radius 3 is 2.80 bits per heavy atom. The van der Waals surface area contributed by atoms with Gasteiger partial charge in [-0.3, -0.25) is 0 Å². The van der Waals surface area contributed by atoms with E-state index < -0.39 is 0 Å². The van der Waals surface area contributed by atoms with E-state index >= 15 is 0 Å². The summed E-state index contributed by atoms with van der Waals surface area (Å²) in [6.07, 6.45) is 0. The smallest absolute Gasteiger partial charge is 0.174 e. The first-order chi connectivity index (χ1) is 7.24. The van der Waals surface area contributed by atoms with Gasteiger partial charge in [0, 0.05) is 18.2 Å². The van der Waals surface area contributed by atoms with E-state index in [0.717, 1.165) is 17.9 Å². The van der Waals surface area contributed by atoms with Gasteiger partial charge in [0.25, 0.3) is 0 Å². The van der Waals surface area contributed by atoms with E-state index in [9.17, 15) is 0 Å². The molecule has 0 aliphatic carbocycles. The molecule has 0 amide bonds. The highest BCUT2D eigenvalue weighted by atomic mass is 16.5. The molecule has 3 nitrogen and oxygen atoms in total. The van der Waals surface area contributed by atoms with Gasteiger partial charge in [-0.2, -0.15) is 5.26 Å². The summed E-state index contributed by atoms with van der Waals surface area (Å²) in [6.45, 7) is 5.05. The van der Waals surface area contributed by atoms with Gasteiger partial charge in [0.15, 0.2) is 6.61 Å². The summed E-state index contributed by atoms with van der Waals surface area (Å²) in [5.41, 5.74) is 1.08. The molecule has 0 fully saturated rings. The lowest BCUT2D eigenvalue weighted by molar-refractivity contribution is 0.362. The van der Waals surface area contributed by atoms with Crippen LogP contribution in [-0.4, -0.2) is 12.6 Å². The molecule has 80 valence electrons. The van der Waals surface area contributed by atoms with Crippen molar-refractivity contribution in [3.8, 4) is 11.8 Å². The van der Waals surface area contributed by atoms with E-state index in [-0.39, 0.29) is 6.61 Å². The highest BCUT2D eigenvalue weighted by molar-refractivity contribution is 5.33. The van der Waals surface area contributed by atoms with Gasteiger partial charge in [-0.1, -0.05) is 32.0 Å². The SMILES string of the molecule is CC(C)NCc1ccccc1OCC#N. The Kier molecular flexibility index (Phi) is 4.65. The molecular weight excluding hydrogens is 188 g/mol. The maximum atomic E-state index is 8.45. The second kappa shape index (κ2) is 6.05. The quantitative estimate of drug-likeness (QED) is 0.798. The van der Waals surface area contributed by atoms with Gasteiger partial charge in [0.1, 0.15) is 11.8 Å². The van der Waals surface area contributed by atoms with E-state index in [0.29, 0.717) is 6.04 Å². The highest BCUT2D eigenvalue weighted by Crippen LogP contribution is 2.17. The van der Waals surface area contributed by atoms with Crippen molar-refractivity contribution in [1.82, 2.24) is 5.32 Å². The van der Waals surface area contributed by atoms with Crippen LogP contribution >= 0.6 is 0 Å². The highest BCUT2D eigenvalue weighted by Gasteiger charge is 2.02. The van der Waals surface area contributed by atoms with Crippen LogP contribution in [0.1, 0.15) is 19.4 Å². The molecule has 0 aliphatic rings. The van der Waals surface area contributed by atoms with Gasteiger partial charge in [-0.05, 0) is 6.07 Å². The number of hydrogen-bond donors (Lipinski definition) is 1. The Bertz CT molecular complexity index is 342. The van der Waals surface area contributed by atoms with Gasteiger partial charge in [0.2, 0.25) is 0 Å². The zero-order chi connectivity index (χ0) is 11.1. The van der Waals surface area contributed by atoms with Crippen LogP contribution in [0, 0.1) is 11.3 Å². The third-order valence-electron chi connectivity index (χ3n) is 1.97. The number of hydrogen-bond acceptors (Lipinski definition) is 3. The Morgan fingerprint density at radius 2 is 2.13 bits per heavy atom. The summed E-state index contributed by atoms with van der Waals surface area (Å²) in [7, 11) is 0. The summed E-state index contributed by atoms with van der Waals surface area (Å²) >= 11 is 0. The van der Waals surface area contributed by atoms with E-state index in [1.165, 1.54) is 0 Å². The van der Waals surface area contributed by atoms with Crippen molar-refractivity contribution >= 4 is 0 Å². The predicted molar refractivity (Wildman–Crippen MR) is 59.5 cm³/mol.